The Morgan fingerprint density at radius 1 is 1.11 bits per heavy atom. The fraction of sp³-hybridized carbons (Fsp3) is 0.200. The summed E-state index contributed by atoms with van der Waals surface area (Å²) in [6, 6.07) is 14.3. The molecule has 0 unspecified atom stereocenters. The van der Waals surface area contributed by atoms with E-state index in [1.165, 1.54) is 13.2 Å². The number of nitrogens with one attached hydrogen (secondary N) is 1. The van der Waals surface area contributed by atoms with Gasteiger partial charge >= 0.3 is 0 Å². The van der Waals surface area contributed by atoms with Gasteiger partial charge in [-0.25, -0.2) is 4.39 Å². The summed E-state index contributed by atoms with van der Waals surface area (Å²) in [6.07, 6.45) is 0. The van der Waals surface area contributed by atoms with Crippen molar-refractivity contribution in [2.45, 2.75) is 0 Å². The highest BCUT2D eigenvalue weighted by molar-refractivity contribution is 5.47. The Hall–Kier alpha value is -2.23. The van der Waals surface area contributed by atoms with Gasteiger partial charge in [-0.05, 0) is 24.3 Å². The van der Waals surface area contributed by atoms with Crippen LogP contribution in [-0.4, -0.2) is 20.3 Å². The van der Waals surface area contributed by atoms with Crippen LogP contribution in [0.25, 0.3) is 0 Å². The molecule has 0 amide bonds. The molecule has 0 heterocycles. The van der Waals surface area contributed by atoms with Gasteiger partial charge in [0, 0.05) is 18.3 Å². The Morgan fingerprint density at radius 2 is 1.89 bits per heavy atom. The first-order chi connectivity index (χ1) is 9.29. The van der Waals surface area contributed by atoms with Crippen LogP contribution in [0, 0.1) is 5.82 Å². The summed E-state index contributed by atoms with van der Waals surface area (Å²) in [5, 5.41) is 3.09. The van der Waals surface area contributed by atoms with Gasteiger partial charge in [0.2, 0.25) is 0 Å². The summed E-state index contributed by atoms with van der Waals surface area (Å²) in [7, 11) is 1.44. The molecule has 0 spiro atoms. The summed E-state index contributed by atoms with van der Waals surface area (Å²) in [4.78, 5) is 0. The molecular formula is C15H16FNO2. The van der Waals surface area contributed by atoms with Crippen LogP contribution in [0.5, 0.6) is 11.5 Å². The van der Waals surface area contributed by atoms with Crippen molar-refractivity contribution in [3.05, 3.63) is 54.3 Å². The molecule has 0 atom stereocenters. The maximum Gasteiger partial charge on any atom is 0.167 e. The fourth-order valence-corrected chi connectivity index (χ4v) is 1.66. The third-order valence-corrected chi connectivity index (χ3v) is 2.59. The molecule has 1 N–H and O–H groups in total. The van der Waals surface area contributed by atoms with Crippen molar-refractivity contribution >= 4 is 5.69 Å². The number of methoxy groups -OCH3 is 1. The normalized spacial score (nSPS) is 10.0. The molecule has 0 saturated heterocycles. The molecule has 0 fully saturated rings. The summed E-state index contributed by atoms with van der Waals surface area (Å²) in [5.41, 5.74) is 0.704. The summed E-state index contributed by atoms with van der Waals surface area (Å²) < 4.78 is 23.8. The third kappa shape index (κ3) is 3.88. The van der Waals surface area contributed by atoms with Crippen molar-refractivity contribution in [3.8, 4) is 11.5 Å². The zero-order chi connectivity index (χ0) is 13.5. The molecular weight excluding hydrogens is 245 g/mol. The highest BCUT2D eigenvalue weighted by Crippen LogP contribution is 2.20. The molecule has 0 aromatic heterocycles. The Bertz CT molecular complexity index is 517. The van der Waals surface area contributed by atoms with Gasteiger partial charge < -0.3 is 14.8 Å². The molecule has 0 bridgehead atoms. The first kappa shape index (κ1) is 13.2. The number of para-hydroxylation sites is 1. The van der Waals surface area contributed by atoms with Crippen LogP contribution in [0.4, 0.5) is 10.1 Å². The van der Waals surface area contributed by atoms with E-state index in [0.29, 0.717) is 18.8 Å². The van der Waals surface area contributed by atoms with Crippen molar-refractivity contribution in [1.29, 1.82) is 0 Å². The predicted molar refractivity (Wildman–Crippen MR) is 73.4 cm³/mol. The molecule has 0 aliphatic carbocycles. The number of anilines is 1. The highest BCUT2D eigenvalue weighted by atomic mass is 19.1. The lowest BCUT2D eigenvalue weighted by atomic mass is 10.3. The Kier molecular flexibility index (Phi) is 4.61. The minimum atomic E-state index is -0.378. The number of hydrogen-bond donors (Lipinski definition) is 1. The Balaban J connectivity index is 1.78. The van der Waals surface area contributed by atoms with Crippen LogP contribution in [0.3, 0.4) is 0 Å². The molecule has 0 saturated carbocycles. The maximum absolute atomic E-state index is 13.4. The van der Waals surface area contributed by atoms with Crippen molar-refractivity contribution in [2.75, 3.05) is 25.6 Å². The largest absolute Gasteiger partial charge is 0.494 e. The first-order valence-electron chi connectivity index (χ1n) is 6.05. The quantitative estimate of drug-likeness (QED) is 0.809. The van der Waals surface area contributed by atoms with E-state index in [9.17, 15) is 4.39 Å². The summed E-state index contributed by atoms with van der Waals surface area (Å²) in [5.74, 6) is 0.688. The lowest BCUT2D eigenvalue weighted by molar-refractivity contribution is 0.333. The lowest BCUT2D eigenvalue weighted by Gasteiger charge is -2.09. The van der Waals surface area contributed by atoms with Crippen molar-refractivity contribution in [3.63, 3.8) is 0 Å². The third-order valence-electron chi connectivity index (χ3n) is 2.59. The van der Waals surface area contributed by atoms with Crippen LogP contribution in [0.15, 0.2) is 48.5 Å². The van der Waals surface area contributed by atoms with Crippen molar-refractivity contribution in [1.82, 2.24) is 0 Å². The summed E-state index contributed by atoms with van der Waals surface area (Å²) in [6.45, 7) is 1.11. The van der Waals surface area contributed by atoms with E-state index in [1.54, 1.807) is 12.1 Å². The monoisotopic (exact) mass is 261 g/mol. The van der Waals surface area contributed by atoms with Crippen molar-refractivity contribution < 1.29 is 13.9 Å². The van der Waals surface area contributed by atoms with E-state index >= 15 is 0 Å². The zero-order valence-electron chi connectivity index (χ0n) is 10.7. The minimum Gasteiger partial charge on any atom is -0.494 e. The number of rotatable bonds is 6. The first-order valence-corrected chi connectivity index (χ1v) is 6.05. The average molecular weight is 261 g/mol. The van der Waals surface area contributed by atoms with Crippen LogP contribution >= 0.6 is 0 Å². The lowest BCUT2D eigenvalue weighted by Crippen LogP contribution is -2.11. The van der Waals surface area contributed by atoms with Crippen LogP contribution < -0.4 is 14.8 Å². The second-order valence-corrected chi connectivity index (χ2v) is 3.94. The Morgan fingerprint density at radius 3 is 2.58 bits per heavy atom. The van der Waals surface area contributed by atoms with Crippen LogP contribution in [0.1, 0.15) is 0 Å². The highest BCUT2D eigenvalue weighted by Gasteiger charge is 2.02. The topological polar surface area (TPSA) is 30.5 Å². The molecule has 3 nitrogen and oxygen atoms in total. The van der Waals surface area contributed by atoms with Gasteiger partial charge in [0.05, 0.1) is 7.11 Å². The van der Waals surface area contributed by atoms with Crippen molar-refractivity contribution in [2.24, 2.45) is 0 Å². The van der Waals surface area contributed by atoms with E-state index in [0.717, 1.165) is 5.75 Å². The molecule has 2 aromatic rings. The fourth-order valence-electron chi connectivity index (χ4n) is 1.66. The van der Waals surface area contributed by atoms with Gasteiger partial charge in [-0.15, -0.1) is 0 Å². The second-order valence-electron chi connectivity index (χ2n) is 3.94. The Labute approximate surface area is 112 Å². The number of hydrogen-bond acceptors (Lipinski definition) is 3. The number of benzene rings is 2. The SMILES string of the molecule is COc1ccc(NCCOc2ccccc2)cc1F. The molecule has 0 aliphatic heterocycles. The van der Waals surface area contributed by atoms with Crippen LogP contribution in [-0.2, 0) is 0 Å². The number of halogens is 1. The maximum atomic E-state index is 13.4. The zero-order valence-corrected chi connectivity index (χ0v) is 10.7. The van der Waals surface area contributed by atoms with Gasteiger partial charge in [0.15, 0.2) is 11.6 Å². The van der Waals surface area contributed by atoms with E-state index in [-0.39, 0.29) is 11.6 Å². The second kappa shape index (κ2) is 6.64. The van der Waals surface area contributed by atoms with Gasteiger partial charge in [0.1, 0.15) is 12.4 Å². The van der Waals surface area contributed by atoms with Gasteiger partial charge in [-0.1, -0.05) is 18.2 Å². The average Bonchev–Trinajstić information content (AvgIpc) is 2.45. The van der Waals surface area contributed by atoms with E-state index in [4.69, 9.17) is 9.47 Å². The van der Waals surface area contributed by atoms with E-state index in [1.807, 2.05) is 30.3 Å². The summed E-state index contributed by atoms with van der Waals surface area (Å²) >= 11 is 0. The molecule has 19 heavy (non-hydrogen) atoms. The van der Waals surface area contributed by atoms with Crippen LogP contribution in [0.2, 0.25) is 0 Å². The molecule has 0 radical (unpaired) electrons. The van der Waals surface area contributed by atoms with Gasteiger partial charge in [0.25, 0.3) is 0 Å². The standard InChI is InChI=1S/C15H16FNO2/c1-18-15-8-7-12(11-14(15)16)17-9-10-19-13-5-3-2-4-6-13/h2-8,11,17H,9-10H2,1H3. The van der Waals surface area contributed by atoms with E-state index < -0.39 is 0 Å². The predicted octanol–water partition coefficient (Wildman–Crippen LogP) is 3.33. The van der Waals surface area contributed by atoms with E-state index in [2.05, 4.69) is 5.32 Å². The molecule has 2 rings (SSSR count). The molecule has 4 heteroatoms. The van der Waals surface area contributed by atoms with Gasteiger partial charge in [-0.2, -0.15) is 0 Å². The molecule has 100 valence electrons. The van der Waals surface area contributed by atoms with Gasteiger partial charge in [-0.3, -0.25) is 0 Å². The number of ether oxygens (including phenoxy) is 2. The molecule has 2 aromatic carbocycles. The minimum absolute atomic E-state index is 0.242. The molecule has 0 aliphatic rings. The smallest absolute Gasteiger partial charge is 0.167 e.